The molecule has 0 saturated carbocycles. The van der Waals surface area contributed by atoms with E-state index in [9.17, 15) is 0 Å². The molecule has 0 unspecified atom stereocenters. The number of rotatable bonds is 5. The molecule has 0 radical (unpaired) electrons. The fraction of sp³-hybridized carbons (Fsp3) is 0.0204. The third-order valence-corrected chi connectivity index (χ3v) is 16.0. The first-order valence-electron chi connectivity index (χ1n) is 17.8. The highest BCUT2D eigenvalue weighted by Gasteiger charge is 2.52. The molecule has 0 fully saturated rings. The topological polar surface area (TPSA) is 3.24 Å². The lowest BCUT2D eigenvalue weighted by molar-refractivity contribution is 0.753. The maximum atomic E-state index is 2.61. The van der Waals surface area contributed by atoms with Gasteiger partial charge in [-0.2, -0.15) is 0 Å². The van der Waals surface area contributed by atoms with E-state index in [0.29, 0.717) is 0 Å². The van der Waals surface area contributed by atoms with Gasteiger partial charge in [-0.15, -0.1) is 0 Å². The van der Waals surface area contributed by atoms with Crippen molar-refractivity contribution in [3.05, 3.63) is 235 Å². The van der Waals surface area contributed by atoms with Crippen LogP contribution < -0.4 is 25.6 Å². The molecular weight excluding hydrogens is 631 g/mol. The third kappa shape index (κ3) is 4.14. The molecule has 51 heavy (non-hydrogen) atoms. The van der Waals surface area contributed by atoms with Crippen molar-refractivity contribution in [3.63, 3.8) is 0 Å². The largest absolute Gasteiger partial charge is 0.310 e. The summed E-state index contributed by atoms with van der Waals surface area (Å²) < 4.78 is 0. The lowest BCUT2D eigenvalue weighted by Gasteiger charge is -2.46. The Kier molecular flexibility index (Phi) is 6.80. The van der Waals surface area contributed by atoms with Gasteiger partial charge < -0.3 is 4.90 Å². The molecule has 0 N–H and O–H groups in total. The maximum absolute atomic E-state index is 2.82. The van der Waals surface area contributed by atoms with Gasteiger partial charge in [0.2, 0.25) is 0 Å². The summed E-state index contributed by atoms with van der Waals surface area (Å²) in [6.45, 7) is 0. The molecule has 1 heterocycles. The van der Waals surface area contributed by atoms with E-state index in [1.165, 1.54) is 65.5 Å². The maximum Gasteiger partial charge on any atom is 0.179 e. The quantitative estimate of drug-likeness (QED) is 0.131. The van der Waals surface area contributed by atoms with Crippen molar-refractivity contribution in [2.24, 2.45) is 0 Å². The molecule has 2 aliphatic rings. The number of anilines is 3. The standard InChI is InChI=1S/C49H35NSi/c1-5-19-36(20-6-1)50-47-32-18-17-31-45(47)49(43-29-15-13-27-41(43)42-28-14-16-30-44(42)49)46-35-40(33-34-48(46)50)51(37-21-7-2-8-22-37,38-23-9-3-10-24-38)39-25-11-4-12-26-39/h1-35H. The van der Waals surface area contributed by atoms with Gasteiger partial charge in [0.15, 0.2) is 8.07 Å². The van der Waals surface area contributed by atoms with Gasteiger partial charge in [0.1, 0.15) is 0 Å². The van der Waals surface area contributed by atoms with Crippen LogP contribution in [0.25, 0.3) is 11.1 Å². The van der Waals surface area contributed by atoms with Crippen LogP contribution in [0.1, 0.15) is 22.3 Å². The van der Waals surface area contributed by atoms with Crippen LogP contribution >= 0.6 is 0 Å². The van der Waals surface area contributed by atoms with Crippen molar-refractivity contribution >= 4 is 45.9 Å². The number of benzene rings is 8. The highest BCUT2D eigenvalue weighted by atomic mass is 28.3. The molecule has 0 bridgehead atoms. The first-order chi connectivity index (χ1) is 25.3. The van der Waals surface area contributed by atoms with E-state index < -0.39 is 13.5 Å². The molecule has 0 aromatic heterocycles. The molecule has 0 saturated heterocycles. The predicted molar refractivity (Wildman–Crippen MR) is 216 cm³/mol. The number of nitrogens with zero attached hydrogens (tertiary/aromatic N) is 1. The van der Waals surface area contributed by atoms with E-state index in [-0.39, 0.29) is 0 Å². The first-order valence-corrected chi connectivity index (χ1v) is 19.8. The van der Waals surface area contributed by atoms with Crippen molar-refractivity contribution in [3.8, 4) is 11.1 Å². The molecule has 1 nitrogen and oxygen atoms in total. The fourth-order valence-corrected chi connectivity index (χ4v) is 14.0. The molecule has 1 aliphatic carbocycles. The zero-order valence-corrected chi connectivity index (χ0v) is 29.2. The van der Waals surface area contributed by atoms with E-state index in [2.05, 4.69) is 217 Å². The van der Waals surface area contributed by atoms with Crippen molar-refractivity contribution in [2.75, 3.05) is 4.90 Å². The van der Waals surface area contributed by atoms with Crippen molar-refractivity contribution in [1.29, 1.82) is 0 Å². The molecule has 2 heteroatoms. The van der Waals surface area contributed by atoms with E-state index in [0.717, 1.165) is 5.69 Å². The van der Waals surface area contributed by atoms with Gasteiger partial charge in [0.05, 0.1) is 16.8 Å². The van der Waals surface area contributed by atoms with Crippen LogP contribution in [-0.2, 0) is 5.41 Å². The number of para-hydroxylation sites is 2. The minimum atomic E-state index is -2.82. The van der Waals surface area contributed by atoms with Gasteiger partial charge >= 0.3 is 0 Å². The second kappa shape index (κ2) is 11.7. The minimum absolute atomic E-state index is 0.509. The van der Waals surface area contributed by atoms with Crippen molar-refractivity contribution in [1.82, 2.24) is 0 Å². The summed E-state index contributed by atoms with van der Waals surface area (Å²) in [5.41, 5.74) is 11.0. The van der Waals surface area contributed by atoms with Crippen LogP contribution in [0, 0.1) is 0 Å². The zero-order chi connectivity index (χ0) is 33.8. The van der Waals surface area contributed by atoms with Gasteiger partial charge in [-0.1, -0.05) is 188 Å². The van der Waals surface area contributed by atoms with E-state index in [4.69, 9.17) is 0 Å². The van der Waals surface area contributed by atoms with E-state index in [1.807, 2.05) is 0 Å². The second-order valence-corrected chi connectivity index (χ2v) is 17.4. The third-order valence-electron chi connectivity index (χ3n) is 11.2. The Morgan fingerprint density at radius 2 is 0.725 bits per heavy atom. The summed E-state index contributed by atoms with van der Waals surface area (Å²) in [6.07, 6.45) is 0. The van der Waals surface area contributed by atoms with E-state index in [1.54, 1.807) is 0 Å². The number of fused-ring (bicyclic) bond motifs is 9. The average Bonchev–Trinajstić information content (AvgIpc) is 3.51. The molecule has 0 amide bonds. The Bertz CT molecular complexity index is 2380. The van der Waals surface area contributed by atoms with Crippen LogP contribution in [0.15, 0.2) is 212 Å². The highest BCUT2D eigenvalue weighted by Crippen LogP contribution is 2.63. The summed E-state index contributed by atoms with van der Waals surface area (Å²) in [5.74, 6) is 0. The first kappa shape index (κ1) is 29.7. The van der Waals surface area contributed by atoms with Crippen LogP contribution in [0.5, 0.6) is 0 Å². The lowest BCUT2D eigenvalue weighted by Crippen LogP contribution is -2.74. The summed E-state index contributed by atoms with van der Waals surface area (Å²) in [6, 6.07) is 79.4. The predicted octanol–water partition coefficient (Wildman–Crippen LogP) is 9.21. The van der Waals surface area contributed by atoms with Gasteiger partial charge in [0, 0.05) is 5.69 Å². The Morgan fingerprint density at radius 1 is 0.314 bits per heavy atom. The van der Waals surface area contributed by atoms with Gasteiger partial charge in [0.25, 0.3) is 0 Å². The molecule has 8 aromatic rings. The fourth-order valence-electron chi connectivity index (χ4n) is 9.26. The normalized spacial score (nSPS) is 13.6. The van der Waals surface area contributed by atoms with Gasteiger partial charge in [-0.25, -0.2) is 0 Å². The summed E-state index contributed by atoms with van der Waals surface area (Å²) in [5, 5.41) is 5.50. The number of hydrogen-bond acceptors (Lipinski definition) is 1. The minimum Gasteiger partial charge on any atom is -0.310 e. The molecule has 8 aromatic carbocycles. The highest BCUT2D eigenvalue weighted by molar-refractivity contribution is 7.19. The summed E-state index contributed by atoms with van der Waals surface area (Å²) in [7, 11) is -2.82. The Balaban J connectivity index is 1.39. The molecule has 240 valence electrons. The van der Waals surface area contributed by atoms with Crippen LogP contribution in [-0.4, -0.2) is 8.07 Å². The average molecular weight is 666 g/mol. The Morgan fingerprint density at radius 3 is 1.25 bits per heavy atom. The van der Waals surface area contributed by atoms with E-state index >= 15 is 0 Å². The smallest absolute Gasteiger partial charge is 0.179 e. The monoisotopic (exact) mass is 665 g/mol. The SMILES string of the molecule is c1ccc(N2c3ccccc3C3(c4ccccc4-c4ccccc43)c3cc([Si](c4ccccc4)(c4ccccc4)c4ccccc4)ccc32)cc1. The summed E-state index contributed by atoms with van der Waals surface area (Å²) >= 11 is 0. The molecule has 1 aliphatic heterocycles. The molecule has 10 rings (SSSR count). The lowest BCUT2D eigenvalue weighted by atomic mass is 9.64. The Labute approximate surface area is 300 Å². The van der Waals surface area contributed by atoms with Crippen LogP contribution in [0.2, 0.25) is 0 Å². The molecular formula is C49H35NSi. The van der Waals surface area contributed by atoms with Gasteiger partial charge in [-0.3, -0.25) is 0 Å². The second-order valence-electron chi connectivity index (χ2n) is 13.6. The number of hydrogen-bond donors (Lipinski definition) is 0. The van der Waals surface area contributed by atoms with Crippen LogP contribution in [0.3, 0.4) is 0 Å². The zero-order valence-electron chi connectivity index (χ0n) is 28.2. The van der Waals surface area contributed by atoms with Crippen LogP contribution in [0.4, 0.5) is 17.1 Å². The van der Waals surface area contributed by atoms with Crippen molar-refractivity contribution in [2.45, 2.75) is 5.41 Å². The van der Waals surface area contributed by atoms with Gasteiger partial charge in [-0.05, 0) is 78.4 Å². The Hall–Kier alpha value is -6.22. The molecule has 0 atom stereocenters. The summed E-state index contributed by atoms with van der Waals surface area (Å²) in [4.78, 5) is 2.49. The molecule has 1 spiro atoms. The van der Waals surface area contributed by atoms with Crippen molar-refractivity contribution < 1.29 is 0 Å².